The molecule has 0 spiro atoms. The highest BCUT2D eigenvalue weighted by atomic mass is 32.1. The van der Waals surface area contributed by atoms with Crippen LogP contribution in [0.15, 0.2) is 60.1 Å². The lowest BCUT2D eigenvalue weighted by Crippen LogP contribution is -2.64. The van der Waals surface area contributed by atoms with Gasteiger partial charge in [-0.1, -0.05) is 36.4 Å². The summed E-state index contributed by atoms with van der Waals surface area (Å²) in [5, 5.41) is 2.37. The van der Waals surface area contributed by atoms with Crippen molar-refractivity contribution < 1.29 is 14.4 Å². The Hall–Kier alpha value is -3.36. The van der Waals surface area contributed by atoms with Gasteiger partial charge in [0.1, 0.15) is 0 Å². The van der Waals surface area contributed by atoms with Crippen LogP contribution < -0.4 is 0 Å². The largest absolute Gasteiger partial charge is 0.335 e. The molecule has 5 rings (SSSR count). The molecule has 0 unspecified atom stereocenters. The summed E-state index contributed by atoms with van der Waals surface area (Å²) in [4.78, 5) is 47.1. The van der Waals surface area contributed by atoms with Crippen LogP contribution in [0.4, 0.5) is 0 Å². The molecule has 2 aliphatic rings. The molecular weight excluding hydrogens is 448 g/mol. The Morgan fingerprint density at radius 2 is 1.38 bits per heavy atom. The third-order valence-electron chi connectivity index (χ3n) is 6.64. The normalized spacial score (nSPS) is 16.9. The van der Waals surface area contributed by atoms with Crippen molar-refractivity contribution in [1.29, 1.82) is 0 Å². The fourth-order valence-corrected chi connectivity index (χ4v) is 5.09. The van der Waals surface area contributed by atoms with Crippen LogP contribution in [0, 0.1) is 0 Å². The minimum atomic E-state index is 0.0123. The summed E-state index contributed by atoms with van der Waals surface area (Å²) < 4.78 is 0. The maximum Gasteiger partial charge on any atom is 0.282 e. The first-order valence-electron chi connectivity index (χ1n) is 11.4. The van der Waals surface area contributed by atoms with E-state index in [2.05, 4.69) is 9.88 Å². The third kappa shape index (κ3) is 4.51. The second-order valence-corrected chi connectivity index (χ2v) is 9.63. The Kier molecular flexibility index (Phi) is 6.26. The Morgan fingerprint density at radius 3 is 1.91 bits per heavy atom. The molecule has 0 aliphatic carbocycles. The molecule has 174 valence electrons. The van der Waals surface area contributed by atoms with Crippen molar-refractivity contribution in [2.45, 2.75) is 13.0 Å². The number of piperazine rings is 1. The van der Waals surface area contributed by atoms with Crippen molar-refractivity contribution in [2.24, 2.45) is 0 Å². The Labute approximate surface area is 202 Å². The lowest BCUT2D eigenvalue weighted by molar-refractivity contribution is 0.00853. The van der Waals surface area contributed by atoms with Crippen molar-refractivity contribution in [3.8, 4) is 11.1 Å². The second-order valence-electron chi connectivity index (χ2n) is 8.74. The van der Waals surface area contributed by atoms with E-state index < -0.39 is 0 Å². The van der Waals surface area contributed by atoms with Gasteiger partial charge in [-0.15, -0.1) is 11.3 Å². The van der Waals surface area contributed by atoms with E-state index in [-0.39, 0.29) is 17.6 Å². The zero-order valence-electron chi connectivity index (χ0n) is 19.0. The molecule has 0 bridgehead atoms. The van der Waals surface area contributed by atoms with Crippen LogP contribution in [-0.4, -0.2) is 82.6 Å². The van der Waals surface area contributed by atoms with Crippen LogP contribution in [0.5, 0.6) is 0 Å². The number of ketones is 1. The first kappa shape index (κ1) is 22.4. The van der Waals surface area contributed by atoms with Gasteiger partial charge >= 0.3 is 0 Å². The molecule has 1 aromatic heterocycles. The van der Waals surface area contributed by atoms with Gasteiger partial charge in [-0.3, -0.25) is 19.3 Å². The maximum atomic E-state index is 12.9. The Balaban J connectivity index is 1.12. The van der Waals surface area contributed by atoms with Crippen molar-refractivity contribution >= 4 is 28.9 Å². The molecule has 2 aliphatic heterocycles. The number of thiazole rings is 1. The molecule has 34 heavy (non-hydrogen) atoms. The number of aromatic nitrogens is 1. The molecule has 0 radical (unpaired) electrons. The van der Waals surface area contributed by atoms with Crippen molar-refractivity contribution in [1.82, 2.24) is 19.7 Å². The molecule has 0 atom stereocenters. The van der Waals surface area contributed by atoms with Crippen LogP contribution in [0.1, 0.15) is 37.4 Å². The van der Waals surface area contributed by atoms with Gasteiger partial charge < -0.3 is 9.80 Å². The van der Waals surface area contributed by atoms with E-state index >= 15 is 0 Å². The van der Waals surface area contributed by atoms with E-state index in [1.165, 1.54) is 11.3 Å². The molecule has 0 saturated carbocycles. The first-order chi connectivity index (χ1) is 16.5. The molecule has 2 amide bonds. The molecule has 3 heterocycles. The van der Waals surface area contributed by atoms with Crippen molar-refractivity contribution in [3.05, 3.63) is 76.2 Å². The molecule has 2 saturated heterocycles. The van der Waals surface area contributed by atoms with Crippen LogP contribution in [0.3, 0.4) is 0 Å². The molecule has 0 N–H and O–H groups in total. The number of carbonyl (C=O) groups is 3. The van der Waals surface area contributed by atoms with E-state index in [1.54, 1.807) is 13.1 Å². The highest BCUT2D eigenvalue weighted by Gasteiger charge is 2.37. The average Bonchev–Trinajstić information content (AvgIpc) is 3.38. The quantitative estimate of drug-likeness (QED) is 0.531. The van der Waals surface area contributed by atoms with Crippen LogP contribution in [0.2, 0.25) is 0 Å². The average molecular weight is 475 g/mol. The van der Waals surface area contributed by atoms with E-state index in [0.29, 0.717) is 48.4 Å². The van der Waals surface area contributed by atoms with E-state index in [9.17, 15) is 14.4 Å². The Morgan fingerprint density at radius 1 is 0.794 bits per heavy atom. The fraction of sp³-hybridized carbons (Fsp3) is 0.308. The molecule has 2 fully saturated rings. The van der Waals surface area contributed by atoms with E-state index in [4.69, 9.17) is 0 Å². The molecule has 2 aromatic carbocycles. The van der Waals surface area contributed by atoms with E-state index in [0.717, 1.165) is 24.2 Å². The SMILES string of the molecule is CC(=O)c1ccc(-c2ccc(C(=O)N3CC(N4CCN(C(=O)c5nccs5)CC4)C3)cc2)cc1. The maximum absolute atomic E-state index is 12.9. The zero-order valence-corrected chi connectivity index (χ0v) is 19.8. The summed E-state index contributed by atoms with van der Waals surface area (Å²) in [7, 11) is 0. The highest BCUT2D eigenvalue weighted by Crippen LogP contribution is 2.24. The van der Waals surface area contributed by atoms with Gasteiger partial charge in [-0.05, 0) is 30.2 Å². The first-order valence-corrected chi connectivity index (χ1v) is 12.3. The minimum absolute atomic E-state index is 0.0123. The lowest BCUT2D eigenvalue weighted by atomic mass is 10.00. The summed E-state index contributed by atoms with van der Waals surface area (Å²) >= 11 is 1.38. The number of benzene rings is 2. The number of amides is 2. The predicted molar refractivity (Wildman–Crippen MR) is 131 cm³/mol. The van der Waals surface area contributed by atoms with Gasteiger partial charge in [-0.25, -0.2) is 4.98 Å². The Bertz CT molecular complexity index is 1180. The lowest BCUT2D eigenvalue weighted by Gasteiger charge is -2.48. The smallest absolute Gasteiger partial charge is 0.282 e. The van der Waals surface area contributed by atoms with Gasteiger partial charge in [0.2, 0.25) is 0 Å². The van der Waals surface area contributed by atoms with Crippen molar-refractivity contribution in [2.75, 3.05) is 39.3 Å². The number of nitrogens with zero attached hydrogens (tertiary/aromatic N) is 4. The zero-order chi connectivity index (χ0) is 23.7. The summed E-state index contributed by atoms with van der Waals surface area (Å²) in [6.07, 6.45) is 1.66. The van der Waals surface area contributed by atoms with Gasteiger partial charge in [-0.2, -0.15) is 0 Å². The summed E-state index contributed by atoms with van der Waals surface area (Å²) in [6.45, 7) is 6.01. The standard InChI is InChI=1S/C26H26N4O3S/c1-18(31)19-2-4-20(5-3-19)21-6-8-22(9-7-21)25(32)30-16-23(17-30)28-11-13-29(14-12-28)26(33)24-27-10-15-34-24/h2-10,15,23H,11-14,16-17H2,1H3. The summed E-state index contributed by atoms with van der Waals surface area (Å²) in [6, 6.07) is 15.5. The number of carbonyl (C=O) groups excluding carboxylic acids is 3. The van der Waals surface area contributed by atoms with Crippen molar-refractivity contribution in [3.63, 3.8) is 0 Å². The minimum Gasteiger partial charge on any atom is -0.335 e. The number of likely N-dealkylation sites (tertiary alicyclic amines) is 1. The second kappa shape index (κ2) is 9.48. The number of hydrogen-bond acceptors (Lipinski definition) is 6. The summed E-state index contributed by atoms with van der Waals surface area (Å²) in [5.41, 5.74) is 3.40. The van der Waals surface area contributed by atoms with E-state index in [1.807, 2.05) is 63.7 Å². The van der Waals surface area contributed by atoms with Crippen LogP contribution in [-0.2, 0) is 0 Å². The predicted octanol–water partition coefficient (Wildman–Crippen LogP) is 3.30. The molecule has 3 aromatic rings. The topological polar surface area (TPSA) is 73.8 Å². The van der Waals surface area contributed by atoms with Crippen LogP contribution in [0.25, 0.3) is 11.1 Å². The third-order valence-corrected chi connectivity index (χ3v) is 7.40. The van der Waals surface area contributed by atoms with Crippen LogP contribution >= 0.6 is 11.3 Å². The molecular formula is C26H26N4O3S. The fourth-order valence-electron chi connectivity index (χ4n) is 4.49. The monoisotopic (exact) mass is 474 g/mol. The van der Waals surface area contributed by atoms with Gasteiger partial charge in [0.05, 0.1) is 0 Å². The highest BCUT2D eigenvalue weighted by molar-refractivity contribution is 7.11. The number of Topliss-reactive ketones (excluding diaryl/α,β-unsaturated/α-hetero) is 1. The number of rotatable bonds is 5. The van der Waals surface area contributed by atoms with Gasteiger partial charge in [0, 0.05) is 68.0 Å². The van der Waals surface area contributed by atoms with Gasteiger partial charge in [0.25, 0.3) is 11.8 Å². The number of hydrogen-bond donors (Lipinski definition) is 0. The van der Waals surface area contributed by atoms with Gasteiger partial charge in [0.15, 0.2) is 10.8 Å². The molecule has 8 heteroatoms. The summed E-state index contributed by atoms with van der Waals surface area (Å²) in [5.74, 6) is 0.108. The molecule has 7 nitrogen and oxygen atoms in total.